The molecule has 0 aliphatic heterocycles. The third kappa shape index (κ3) is 4.95. The molecule has 6 nitrogen and oxygen atoms in total. The van der Waals surface area contributed by atoms with Crippen LogP contribution in [0.1, 0.15) is 48.0 Å². The molecule has 1 N–H and O–H groups in total. The molecule has 3 rings (SSSR count). The lowest BCUT2D eigenvalue weighted by molar-refractivity contribution is -0.115. The molecule has 0 fully saturated rings. The molecule has 2 aromatic heterocycles. The molecular weight excluding hydrogens is 362 g/mol. The van der Waals surface area contributed by atoms with Crippen molar-refractivity contribution in [3.63, 3.8) is 0 Å². The first-order valence-electron chi connectivity index (χ1n) is 8.81. The molecule has 0 spiro atoms. The van der Waals surface area contributed by atoms with Crippen molar-refractivity contribution < 1.29 is 14.1 Å². The van der Waals surface area contributed by atoms with Crippen LogP contribution in [0.4, 0.5) is 5.13 Å². The second-order valence-corrected chi connectivity index (χ2v) is 7.55. The summed E-state index contributed by atoms with van der Waals surface area (Å²) in [5.41, 5.74) is 3.71. The number of amides is 1. The molecular formula is C20H23N3O3S. The summed E-state index contributed by atoms with van der Waals surface area (Å²) in [5.74, 6) is 1.78. The van der Waals surface area contributed by atoms with Gasteiger partial charge in [-0.3, -0.25) is 4.79 Å². The molecule has 0 bridgehead atoms. The van der Waals surface area contributed by atoms with E-state index in [2.05, 4.69) is 29.3 Å². The first-order chi connectivity index (χ1) is 12.9. The first-order valence-corrected chi connectivity index (χ1v) is 9.69. The van der Waals surface area contributed by atoms with Gasteiger partial charge in [-0.05, 0) is 37.5 Å². The van der Waals surface area contributed by atoms with Crippen molar-refractivity contribution in [3.8, 4) is 5.75 Å². The van der Waals surface area contributed by atoms with Crippen molar-refractivity contribution in [2.75, 3.05) is 5.32 Å². The summed E-state index contributed by atoms with van der Waals surface area (Å²) in [6.07, 6.45) is 0.292. The highest BCUT2D eigenvalue weighted by atomic mass is 32.1. The SMILES string of the molecule is Cc1noc(C)c1COc1ccc(CC(=O)Nc2nc(C(C)C)cs2)cc1. The van der Waals surface area contributed by atoms with Gasteiger partial charge in [-0.1, -0.05) is 31.1 Å². The topological polar surface area (TPSA) is 77.2 Å². The average Bonchev–Trinajstić information content (AvgIpc) is 3.22. The Kier molecular flexibility index (Phi) is 5.91. The quantitative estimate of drug-likeness (QED) is 0.641. The lowest BCUT2D eigenvalue weighted by atomic mass is 10.1. The summed E-state index contributed by atoms with van der Waals surface area (Å²) in [7, 11) is 0. The van der Waals surface area contributed by atoms with Crippen molar-refractivity contribution in [1.82, 2.24) is 10.1 Å². The van der Waals surface area contributed by atoms with E-state index in [9.17, 15) is 4.79 Å². The fourth-order valence-corrected chi connectivity index (χ4v) is 3.41. The molecule has 27 heavy (non-hydrogen) atoms. The van der Waals surface area contributed by atoms with E-state index < -0.39 is 0 Å². The highest BCUT2D eigenvalue weighted by Crippen LogP contribution is 2.22. The van der Waals surface area contributed by atoms with Crippen molar-refractivity contribution in [2.45, 2.75) is 46.6 Å². The minimum Gasteiger partial charge on any atom is -0.489 e. The molecule has 0 radical (unpaired) electrons. The maximum atomic E-state index is 12.2. The smallest absolute Gasteiger partial charge is 0.230 e. The summed E-state index contributed by atoms with van der Waals surface area (Å²) in [6, 6.07) is 7.51. The number of thiazole rings is 1. The molecule has 0 atom stereocenters. The molecule has 2 heterocycles. The van der Waals surface area contributed by atoms with Crippen LogP contribution >= 0.6 is 11.3 Å². The predicted molar refractivity (Wildman–Crippen MR) is 105 cm³/mol. The highest BCUT2D eigenvalue weighted by Gasteiger charge is 2.11. The van der Waals surface area contributed by atoms with Gasteiger partial charge >= 0.3 is 0 Å². The zero-order valence-corrected chi connectivity index (χ0v) is 16.7. The van der Waals surface area contributed by atoms with Crippen LogP contribution in [0.3, 0.4) is 0 Å². The number of rotatable bonds is 7. The maximum absolute atomic E-state index is 12.2. The minimum atomic E-state index is -0.0796. The molecule has 7 heteroatoms. The number of carbonyl (C=O) groups excluding carboxylic acids is 1. The van der Waals surface area contributed by atoms with Gasteiger partial charge in [0.05, 0.1) is 23.4 Å². The van der Waals surface area contributed by atoms with E-state index in [1.807, 2.05) is 43.5 Å². The summed E-state index contributed by atoms with van der Waals surface area (Å²) in [5, 5.41) is 9.39. The maximum Gasteiger partial charge on any atom is 0.230 e. The molecule has 1 aromatic carbocycles. The van der Waals surface area contributed by atoms with E-state index in [-0.39, 0.29) is 5.91 Å². The number of carbonyl (C=O) groups is 1. The Bertz CT molecular complexity index is 893. The standard InChI is InChI=1S/C20H23N3O3S/c1-12(2)18-11-27-20(21-18)22-19(24)9-15-5-7-16(8-6-15)25-10-17-13(3)23-26-14(17)4/h5-8,11-12H,9-10H2,1-4H3,(H,21,22,24). The molecule has 142 valence electrons. The number of hydrogen-bond acceptors (Lipinski definition) is 6. The van der Waals surface area contributed by atoms with Crippen LogP contribution in [-0.4, -0.2) is 16.0 Å². The molecule has 0 aliphatic carbocycles. The van der Waals surface area contributed by atoms with Crippen LogP contribution in [0.25, 0.3) is 0 Å². The lowest BCUT2D eigenvalue weighted by Crippen LogP contribution is -2.14. The largest absolute Gasteiger partial charge is 0.489 e. The van der Waals surface area contributed by atoms with E-state index in [0.717, 1.165) is 34.0 Å². The summed E-state index contributed by atoms with van der Waals surface area (Å²) >= 11 is 1.45. The van der Waals surface area contributed by atoms with E-state index in [1.54, 1.807) is 0 Å². The Morgan fingerprint density at radius 2 is 2.00 bits per heavy atom. The zero-order chi connectivity index (χ0) is 19.4. The molecule has 1 amide bonds. The number of nitrogens with zero attached hydrogens (tertiary/aromatic N) is 2. The molecule has 0 aliphatic rings. The Morgan fingerprint density at radius 3 is 2.59 bits per heavy atom. The van der Waals surface area contributed by atoms with Crippen LogP contribution in [-0.2, 0) is 17.8 Å². The average molecular weight is 385 g/mol. The lowest BCUT2D eigenvalue weighted by Gasteiger charge is -2.07. The van der Waals surface area contributed by atoms with Gasteiger partial charge in [-0.2, -0.15) is 0 Å². The number of benzene rings is 1. The monoisotopic (exact) mass is 385 g/mol. The predicted octanol–water partition coefficient (Wildman–Crippen LogP) is 4.63. The Morgan fingerprint density at radius 1 is 1.26 bits per heavy atom. The number of anilines is 1. The van der Waals surface area contributed by atoms with Gasteiger partial charge < -0.3 is 14.6 Å². The Balaban J connectivity index is 1.53. The molecule has 3 aromatic rings. The van der Waals surface area contributed by atoms with E-state index in [4.69, 9.17) is 9.26 Å². The Hall–Kier alpha value is -2.67. The Labute approximate surface area is 162 Å². The van der Waals surface area contributed by atoms with Crippen LogP contribution < -0.4 is 10.1 Å². The van der Waals surface area contributed by atoms with Crippen LogP contribution in [0.5, 0.6) is 5.75 Å². The summed E-state index contributed by atoms with van der Waals surface area (Å²) in [6.45, 7) is 8.33. The van der Waals surface area contributed by atoms with E-state index in [1.165, 1.54) is 11.3 Å². The second kappa shape index (κ2) is 8.35. The van der Waals surface area contributed by atoms with Gasteiger partial charge in [-0.15, -0.1) is 11.3 Å². The van der Waals surface area contributed by atoms with Gasteiger partial charge in [0.15, 0.2) is 5.13 Å². The number of hydrogen-bond donors (Lipinski definition) is 1. The third-order valence-electron chi connectivity index (χ3n) is 4.21. The number of ether oxygens (including phenoxy) is 1. The normalized spacial score (nSPS) is 11.0. The fraction of sp³-hybridized carbons (Fsp3) is 0.350. The van der Waals surface area contributed by atoms with Gasteiger partial charge in [0.1, 0.15) is 18.1 Å². The summed E-state index contributed by atoms with van der Waals surface area (Å²) < 4.78 is 10.9. The molecule has 0 saturated heterocycles. The molecule has 0 unspecified atom stereocenters. The first kappa shape index (κ1) is 19.1. The van der Waals surface area contributed by atoms with Crippen molar-refractivity contribution >= 4 is 22.4 Å². The number of aryl methyl sites for hydroxylation is 2. The fourth-order valence-electron chi connectivity index (χ4n) is 2.52. The third-order valence-corrected chi connectivity index (χ3v) is 4.99. The summed E-state index contributed by atoms with van der Waals surface area (Å²) in [4.78, 5) is 16.6. The van der Waals surface area contributed by atoms with Gasteiger partial charge in [0.2, 0.25) is 5.91 Å². The van der Waals surface area contributed by atoms with E-state index in [0.29, 0.717) is 24.1 Å². The van der Waals surface area contributed by atoms with E-state index >= 15 is 0 Å². The number of aromatic nitrogens is 2. The highest BCUT2D eigenvalue weighted by molar-refractivity contribution is 7.13. The van der Waals surface area contributed by atoms with Crippen LogP contribution in [0, 0.1) is 13.8 Å². The number of nitrogens with one attached hydrogen (secondary N) is 1. The van der Waals surface area contributed by atoms with Crippen molar-refractivity contribution in [3.05, 3.63) is 57.9 Å². The second-order valence-electron chi connectivity index (χ2n) is 6.69. The van der Waals surface area contributed by atoms with Crippen molar-refractivity contribution in [1.29, 1.82) is 0 Å². The van der Waals surface area contributed by atoms with Crippen LogP contribution in [0.2, 0.25) is 0 Å². The van der Waals surface area contributed by atoms with Gasteiger partial charge in [0.25, 0.3) is 0 Å². The molecule has 0 saturated carbocycles. The minimum absolute atomic E-state index is 0.0796. The van der Waals surface area contributed by atoms with Gasteiger partial charge in [0, 0.05) is 5.38 Å². The van der Waals surface area contributed by atoms with Crippen molar-refractivity contribution in [2.24, 2.45) is 0 Å². The van der Waals surface area contributed by atoms with Gasteiger partial charge in [-0.25, -0.2) is 4.98 Å². The van der Waals surface area contributed by atoms with Crippen LogP contribution in [0.15, 0.2) is 34.2 Å². The zero-order valence-electron chi connectivity index (χ0n) is 15.9.